The van der Waals surface area contributed by atoms with Crippen LogP contribution in [-0.2, 0) is 6.54 Å². The Morgan fingerprint density at radius 3 is 2.68 bits per heavy atom. The van der Waals surface area contributed by atoms with E-state index in [1.165, 1.54) is 0 Å². The van der Waals surface area contributed by atoms with Crippen LogP contribution in [-0.4, -0.2) is 18.0 Å². The van der Waals surface area contributed by atoms with Crippen LogP contribution in [0.5, 0.6) is 5.75 Å². The van der Waals surface area contributed by atoms with Gasteiger partial charge in [0.15, 0.2) is 0 Å². The van der Waals surface area contributed by atoms with Crippen LogP contribution in [0.15, 0.2) is 42.6 Å². The Bertz CT molecular complexity index is 567. The summed E-state index contributed by atoms with van der Waals surface area (Å²) in [6.07, 6.45) is 1.57. The number of carbonyl (C=O) groups is 1. The van der Waals surface area contributed by atoms with Gasteiger partial charge in [-0.15, -0.1) is 0 Å². The third-order valence-corrected chi connectivity index (χ3v) is 2.64. The number of benzene rings is 1. The number of nitrogens with one attached hydrogen (secondary N) is 1. The molecule has 0 saturated carbocycles. The van der Waals surface area contributed by atoms with Crippen LogP contribution in [0.4, 0.5) is 5.69 Å². The number of nitrogens with zero attached hydrogens (tertiary/aromatic N) is 1. The molecule has 0 unspecified atom stereocenters. The monoisotopic (exact) mass is 257 g/mol. The SMILES string of the molecule is COc1ccc(NC(=O)c2ccnc(CN)c2)cc1. The molecule has 5 nitrogen and oxygen atoms in total. The van der Waals surface area contributed by atoms with Crippen molar-refractivity contribution in [3.05, 3.63) is 53.9 Å². The molecule has 5 heteroatoms. The molecular weight excluding hydrogens is 242 g/mol. The van der Waals surface area contributed by atoms with Gasteiger partial charge in [0.2, 0.25) is 0 Å². The van der Waals surface area contributed by atoms with Crippen molar-refractivity contribution in [1.82, 2.24) is 4.98 Å². The van der Waals surface area contributed by atoms with Crippen LogP contribution in [0.3, 0.4) is 0 Å². The first kappa shape index (κ1) is 13.0. The molecule has 2 aromatic rings. The third kappa shape index (κ3) is 3.29. The maximum absolute atomic E-state index is 12.0. The second-order valence-electron chi connectivity index (χ2n) is 3.92. The first-order valence-corrected chi connectivity index (χ1v) is 5.83. The highest BCUT2D eigenvalue weighted by atomic mass is 16.5. The van der Waals surface area contributed by atoms with E-state index in [-0.39, 0.29) is 5.91 Å². The van der Waals surface area contributed by atoms with Crippen LogP contribution in [0.1, 0.15) is 16.1 Å². The molecule has 0 fully saturated rings. The van der Waals surface area contributed by atoms with Crippen molar-refractivity contribution in [3.8, 4) is 5.75 Å². The summed E-state index contributed by atoms with van der Waals surface area (Å²) in [5.41, 5.74) is 7.42. The van der Waals surface area contributed by atoms with E-state index in [4.69, 9.17) is 10.5 Å². The molecular formula is C14H15N3O2. The highest BCUT2D eigenvalue weighted by Gasteiger charge is 2.07. The minimum Gasteiger partial charge on any atom is -0.497 e. The number of carbonyl (C=O) groups excluding carboxylic acids is 1. The van der Waals surface area contributed by atoms with Gasteiger partial charge in [-0.3, -0.25) is 9.78 Å². The molecule has 0 spiro atoms. The molecule has 3 N–H and O–H groups in total. The Morgan fingerprint density at radius 1 is 1.32 bits per heavy atom. The van der Waals surface area contributed by atoms with E-state index in [0.717, 1.165) is 5.75 Å². The van der Waals surface area contributed by atoms with Gasteiger partial charge in [-0.05, 0) is 36.4 Å². The van der Waals surface area contributed by atoms with Crippen LogP contribution in [0.2, 0.25) is 0 Å². The lowest BCUT2D eigenvalue weighted by Crippen LogP contribution is -2.13. The Balaban J connectivity index is 2.11. The summed E-state index contributed by atoms with van der Waals surface area (Å²) in [4.78, 5) is 16.1. The molecule has 19 heavy (non-hydrogen) atoms. The number of methoxy groups -OCH3 is 1. The number of nitrogens with two attached hydrogens (primary N) is 1. The molecule has 1 aromatic heterocycles. The highest BCUT2D eigenvalue weighted by Crippen LogP contribution is 2.16. The summed E-state index contributed by atoms with van der Waals surface area (Å²) in [5.74, 6) is 0.551. The number of pyridine rings is 1. The average Bonchev–Trinajstić information content (AvgIpc) is 2.48. The van der Waals surface area contributed by atoms with Crippen molar-refractivity contribution < 1.29 is 9.53 Å². The van der Waals surface area contributed by atoms with E-state index < -0.39 is 0 Å². The molecule has 2 rings (SSSR count). The minimum absolute atomic E-state index is 0.192. The van der Waals surface area contributed by atoms with Gasteiger partial charge >= 0.3 is 0 Å². The van der Waals surface area contributed by atoms with Crippen LogP contribution >= 0.6 is 0 Å². The maximum Gasteiger partial charge on any atom is 0.255 e. The molecule has 0 aliphatic heterocycles. The van der Waals surface area contributed by atoms with Gasteiger partial charge in [-0.25, -0.2) is 0 Å². The van der Waals surface area contributed by atoms with Crippen molar-refractivity contribution in [3.63, 3.8) is 0 Å². The van der Waals surface area contributed by atoms with Gasteiger partial charge in [0.05, 0.1) is 12.8 Å². The van der Waals surface area contributed by atoms with Gasteiger partial charge < -0.3 is 15.8 Å². The quantitative estimate of drug-likeness (QED) is 0.875. The molecule has 0 saturated heterocycles. The van der Waals surface area contributed by atoms with Crippen molar-refractivity contribution in [1.29, 1.82) is 0 Å². The molecule has 0 aliphatic rings. The number of hydrogen-bond donors (Lipinski definition) is 2. The molecule has 1 heterocycles. The second-order valence-corrected chi connectivity index (χ2v) is 3.92. The minimum atomic E-state index is -0.192. The number of hydrogen-bond acceptors (Lipinski definition) is 4. The van der Waals surface area contributed by atoms with E-state index >= 15 is 0 Å². The second kappa shape index (κ2) is 5.97. The predicted octanol–water partition coefficient (Wildman–Crippen LogP) is 1.80. The van der Waals surface area contributed by atoms with Crippen LogP contribution < -0.4 is 15.8 Å². The molecule has 0 radical (unpaired) electrons. The van der Waals surface area contributed by atoms with Gasteiger partial charge in [0, 0.05) is 24.0 Å². The van der Waals surface area contributed by atoms with Gasteiger partial charge in [-0.2, -0.15) is 0 Å². The molecule has 1 amide bonds. The zero-order valence-corrected chi connectivity index (χ0v) is 10.6. The summed E-state index contributed by atoms with van der Waals surface area (Å²) >= 11 is 0. The normalized spacial score (nSPS) is 10.0. The number of aromatic nitrogens is 1. The number of anilines is 1. The van der Waals surface area contributed by atoms with Crippen molar-refractivity contribution in [2.75, 3.05) is 12.4 Å². The smallest absolute Gasteiger partial charge is 0.255 e. The summed E-state index contributed by atoms with van der Waals surface area (Å²) in [7, 11) is 1.60. The van der Waals surface area contributed by atoms with Crippen molar-refractivity contribution in [2.45, 2.75) is 6.54 Å². The lowest BCUT2D eigenvalue weighted by atomic mass is 10.2. The van der Waals surface area contributed by atoms with E-state index in [1.54, 1.807) is 49.7 Å². The molecule has 0 aliphatic carbocycles. The van der Waals surface area contributed by atoms with E-state index in [2.05, 4.69) is 10.3 Å². The lowest BCUT2D eigenvalue weighted by Gasteiger charge is -2.07. The van der Waals surface area contributed by atoms with Crippen molar-refractivity contribution in [2.24, 2.45) is 5.73 Å². The fourth-order valence-corrected chi connectivity index (χ4v) is 1.61. The maximum atomic E-state index is 12.0. The van der Waals surface area contributed by atoms with E-state index in [9.17, 15) is 4.79 Å². The lowest BCUT2D eigenvalue weighted by molar-refractivity contribution is 0.102. The largest absolute Gasteiger partial charge is 0.497 e. The standard InChI is InChI=1S/C14H15N3O2/c1-19-13-4-2-11(3-5-13)17-14(18)10-6-7-16-12(8-10)9-15/h2-8H,9,15H2,1H3,(H,17,18). The van der Waals surface area contributed by atoms with Crippen molar-refractivity contribution >= 4 is 11.6 Å². The predicted molar refractivity (Wildman–Crippen MR) is 73.1 cm³/mol. The average molecular weight is 257 g/mol. The van der Waals surface area contributed by atoms with E-state index in [1.807, 2.05) is 0 Å². The topological polar surface area (TPSA) is 77.2 Å². The zero-order chi connectivity index (χ0) is 13.7. The molecule has 0 bridgehead atoms. The summed E-state index contributed by atoms with van der Waals surface area (Å²) in [5, 5.41) is 2.80. The third-order valence-electron chi connectivity index (χ3n) is 2.64. The molecule has 0 atom stereocenters. The fraction of sp³-hybridized carbons (Fsp3) is 0.143. The fourth-order valence-electron chi connectivity index (χ4n) is 1.61. The Labute approximate surface area is 111 Å². The van der Waals surface area contributed by atoms with E-state index in [0.29, 0.717) is 23.5 Å². The first-order chi connectivity index (χ1) is 9.22. The van der Waals surface area contributed by atoms with Gasteiger partial charge in [-0.1, -0.05) is 0 Å². The number of amides is 1. The molecule has 98 valence electrons. The first-order valence-electron chi connectivity index (χ1n) is 5.83. The Kier molecular flexibility index (Phi) is 4.10. The molecule has 1 aromatic carbocycles. The zero-order valence-electron chi connectivity index (χ0n) is 10.6. The highest BCUT2D eigenvalue weighted by molar-refractivity contribution is 6.04. The summed E-state index contributed by atoms with van der Waals surface area (Å²) < 4.78 is 5.05. The Hall–Kier alpha value is -2.40. The van der Waals surface area contributed by atoms with Crippen LogP contribution in [0.25, 0.3) is 0 Å². The Morgan fingerprint density at radius 2 is 2.05 bits per heavy atom. The van der Waals surface area contributed by atoms with Gasteiger partial charge in [0.1, 0.15) is 5.75 Å². The van der Waals surface area contributed by atoms with Crippen LogP contribution in [0, 0.1) is 0 Å². The summed E-state index contributed by atoms with van der Waals surface area (Å²) in [6.45, 7) is 0.309. The number of rotatable bonds is 4. The van der Waals surface area contributed by atoms with Gasteiger partial charge in [0.25, 0.3) is 5.91 Å². The summed E-state index contributed by atoms with van der Waals surface area (Å²) in [6, 6.07) is 10.5. The number of ether oxygens (including phenoxy) is 1.